The first-order valence-electron chi connectivity index (χ1n) is 5.45. The number of rotatable bonds is 3. The summed E-state index contributed by atoms with van der Waals surface area (Å²) in [7, 11) is 0. The molecule has 1 aromatic carbocycles. The van der Waals surface area contributed by atoms with Crippen LogP contribution in [-0.2, 0) is 0 Å². The van der Waals surface area contributed by atoms with E-state index in [1.165, 1.54) is 0 Å². The van der Waals surface area contributed by atoms with Crippen LogP contribution in [0.4, 0.5) is 0 Å². The minimum atomic E-state index is 0.145. The van der Waals surface area contributed by atoms with Crippen LogP contribution in [0.2, 0.25) is 0 Å². The van der Waals surface area contributed by atoms with Gasteiger partial charge in [-0.2, -0.15) is 5.10 Å². The Hall–Kier alpha value is -1.79. The number of nitrogens with one attached hydrogen (secondary N) is 1. The smallest absolute Gasteiger partial charge is 0.184 e. The summed E-state index contributed by atoms with van der Waals surface area (Å²) >= 11 is 8.01. The highest BCUT2D eigenvalue weighted by molar-refractivity contribution is 9.10. The molecule has 19 heavy (non-hydrogen) atoms. The largest absolute Gasteiger partial charge is 0.375 e. The van der Waals surface area contributed by atoms with Crippen molar-refractivity contribution in [2.45, 2.75) is 0 Å². The molecule has 0 fully saturated rings. The number of nitrogens with two attached hydrogens (primary N) is 1. The molecule has 0 aliphatic rings. The maximum atomic E-state index is 5.26. The minimum absolute atomic E-state index is 0.145. The highest BCUT2D eigenvalue weighted by Crippen LogP contribution is 2.18. The molecule has 0 aliphatic heterocycles. The third-order valence-electron chi connectivity index (χ3n) is 2.32. The molecule has 0 atom stereocenters. The van der Waals surface area contributed by atoms with Crippen LogP contribution in [0.15, 0.2) is 52.2 Å². The fourth-order valence-corrected chi connectivity index (χ4v) is 1.74. The van der Waals surface area contributed by atoms with E-state index in [2.05, 4.69) is 43.7 Å². The second kappa shape index (κ2) is 6.40. The summed E-state index contributed by atoms with van der Waals surface area (Å²) in [6.07, 6.45) is 3.43. The standard InChI is InChI=1S/C13H11BrN4S/c14-11-5-6-12(16-8-11)10-3-1-9(2-4-10)7-17-18-13(15)19/h1-8H,(H3,15,18,19). The van der Waals surface area contributed by atoms with Gasteiger partial charge in [0.15, 0.2) is 5.11 Å². The van der Waals surface area contributed by atoms with E-state index in [0.717, 1.165) is 21.3 Å². The van der Waals surface area contributed by atoms with Crippen LogP contribution in [0, 0.1) is 0 Å². The normalized spacial score (nSPS) is 10.6. The summed E-state index contributed by atoms with van der Waals surface area (Å²) in [5.41, 5.74) is 10.7. The Kier molecular flexibility index (Phi) is 4.59. The molecule has 0 amide bonds. The predicted molar refractivity (Wildman–Crippen MR) is 84.9 cm³/mol. The number of nitrogens with zero attached hydrogens (tertiary/aromatic N) is 2. The van der Waals surface area contributed by atoms with Gasteiger partial charge < -0.3 is 5.73 Å². The van der Waals surface area contributed by atoms with Gasteiger partial charge in [0.25, 0.3) is 0 Å². The lowest BCUT2D eigenvalue weighted by atomic mass is 10.1. The number of hydrogen-bond acceptors (Lipinski definition) is 3. The maximum absolute atomic E-state index is 5.26. The van der Waals surface area contributed by atoms with Gasteiger partial charge in [0.2, 0.25) is 0 Å². The molecule has 0 saturated carbocycles. The lowest BCUT2D eigenvalue weighted by Gasteiger charge is -2.01. The molecule has 0 saturated heterocycles. The number of halogens is 1. The van der Waals surface area contributed by atoms with Crippen molar-refractivity contribution < 1.29 is 0 Å². The monoisotopic (exact) mass is 334 g/mol. The highest BCUT2D eigenvalue weighted by Gasteiger charge is 1.98. The number of aromatic nitrogens is 1. The van der Waals surface area contributed by atoms with Crippen LogP contribution >= 0.6 is 28.1 Å². The fourth-order valence-electron chi connectivity index (χ4n) is 1.46. The van der Waals surface area contributed by atoms with E-state index in [1.807, 2.05) is 36.4 Å². The lowest BCUT2D eigenvalue weighted by Crippen LogP contribution is -2.23. The second-order valence-electron chi connectivity index (χ2n) is 3.72. The number of hydrogen-bond donors (Lipinski definition) is 2. The molecule has 0 radical (unpaired) electrons. The number of thiocarbonyl (C=S) groups is 1. The third-order valence-corrected chi connectivity index (χ3v) is 2.88. The Labute approximate surface area is 124 Å². The molecule has 1 heterocycles. The van der Waals surface area contributed by atoms with Gasteiger partial charge in [0.1, 0.15) is 0 Å². The number of hydrazone groups is 1. The molecule has 0 aliphatic carbocycles. The average molecular weight is 335 g/mol. The van der Waals surface area contributed by atoms with Crippen molar-refractivity contribution in [3.05, 3.63) is 52.6 Å². The van der Waals surface area contributed by atoms with Crippen molar-refractivity contribution in [1.29, 1.82) is 0 Å². The topological polar surface area (TPSA) is 63.3 Å². The van der Waals surface area contributed by atoms with Crippen LogP contribution in [0.3, 0.4) is 0 Å². The summed E-state index contributed by atoms with van der Waals surface area (Å²) in [4.78, 5) is 4.34. The predicted octanol–water partition coefficient (Wildman–Crippen LogP) is 2.68. The van der Waals surface area contributed by atoms with Gasteiger partial charge in [0, 0.05) is 16.2 Å². The summed E-state index contributed by atoms with van der Waals surface area (Å²) in [5, 5.41) is 4.04. The first-order chi connectivity index (χ1) is 9.15. The van der Waals surface area contributed by atoms with Crippen molar-refractivity contribution in [3.63, 3.8) is 0 Å². The van der Waals surface area contributed by atoms with Crippen molar-refractivity contribution in [3.8, 4) is 11.3 Å². The van der Waals surface area contributed by atoms with Crippen LogP contribution in [0.1, 0.15) is 5.56 Å². The maximum Gasteiger partial charge on any atom is 0.184 e. The number of pyridine rings is 1. The quantitative estimate of drug-likeness (QED) is 0.514. The van der Waals surface area contributed by atoms with E-state index in [1.54, 1.807) is 12.4 Å². The molecular weight excluding hydrogens is 324 g/mol. The Balaban J connectivity index is 2.12. The fraction of sp³-hybridized carbons (Fsp3) is 0. The van der Waals surface area contributed by atoms with E-state index in [-0.39, 0.29) is 5.11 Å². The Morgan fingerprint density at radius 1 is 1.26 bits per heavy atom. The van der Waals surface area contributed by atoms with Crippen molar-refractivity contribution in [2.75, 3.05) is 0 Å². The summed E-state index contributed by atoms with van der Waals surface area (Å²) in [6, 6.07) is 11.8. The molecule has 3 N–H and O–H groups in total. The molecule has 4 nitrogen and oxygen atoms in total. The van der Waals surface area contributed by atoms with Gasteiger partial charge in [0.05, 0.1) is 11.9 Å². The summed E-state index contributed by atoms with van der Waals surface area (Å²) < 4.78 is 0.962. The Morgan fingerprint density at radius 3 is 2.58 bits per heavy atom. The molecule has 96 valence electrons. The van der Waals surface area contributed by atoms with Gasteiger partial charge >= 0.3 is 0 Å². The molecule has 0 spiro atoms. The molecule has 6 heteroatoms. The Bertz CT molecular complexity index is 593. The zero-order valence-electron chi connectivity index (χ0n) is 9.88. The van der Waals surface area contributed by atoms with Crippen LogP contribution in [-0.4, -0.2) is 16.3 Å². The average Bonchev–Trinajstić information content (AvgIpc) is 2.40. The summed E-state index contributed by atoms with van der Waals surface area (Å²) in [6.45, 7) is 0. The molecule has 0 bridgehead atoms. The lowest BCUT2D eigenvalue weighted by molar-refractivity contribution is 1.04. The molecular formula is C13H11BrN4S. The van der Waals surface area contributed by atoms with Gasteiger partial charge in [-0.3, -0.25) is 10.4 Å². The Morgan fingerprint density at radius 2 is 2.00 bits per heavy atom. The first kappa shape index (κ1) is 13.6. The van der Waals surface area contributed by atoms with Gasteiger partial charge in [-0.1, -0.05) is 24.3 Å². The molecule has 2 rings (SSSR count). The zero-order valence-corrected chi connectivity index (χ0v) is 12.3. The van der Waals surface area contributed by atoms with Gasteiger partial charge in [-0.15, -0.1) is 0 Å². The van der Waals surface area contributed by atoms with E-state index in [0.29, 0.717) is 0 Å². The van der Waals surface area contributed by atoms with Crippen molar-refractivity contribution in [1.82, 2.24) is 10.4 Å². The van der Waals surface area contributed by atoms with Crippen LogP contribution in [0.5, 0.6) is 0 Å². The van der Waals surface area contributed by atoms with Crippen molar-refractivity contribution >= 4 is 39.5 Å². The number of benzene rings is 1. The highest BCUT2D eigenvalue weighted by atomic mass is 79.9. The molecule has 0 unspecified atom stereocenters. The second-order valence-corrected chi connectivity index (χ2v) is 5.07. The first-order valence-corrected chi connectivity index (χ1v) is 6.66. The zero-order chi connectivity index (χ0) is 13.7. The van der Waals surface area contributed by atoms with Crippen molar-refractivity contribution in [2.24, 2.45) is 10.8 Å². The summed E-state index contributed by atoms with van der Waals surface area (Å²) in [5.74, 6) is 0. The van der Waals surface area contributed by atoms with Gasteiger partial charge in [-0.25, -0.2) is 0 Å². The van der Waals surface area contributed by atoms with Gasteiger partial charge in [-0.05, 0) is 45.8 Å². The van der Waals surface area contributed by atoms with E-state index >= 15 is 0 Å². The van der Waals surface area contributed by atoms with Crippen LogP contribution in [0.25, 0.3) is 11.3 Å². The molecule has 2 aromatic rings. The van der Waals surface area contributed by atoms with E-state index < -0.39 is 0 Å². The SMILES string of the molecule is NC(=S)NN=Cc1ccc(-c2ccc(Br)cn2)cc1. The minimum Gasteiger partial charge on any atom is -0.375 e. The third kappa shape index (κ3) is 4.11. The van der Waals surface area contributed by atoms with E-state index in [9.17, 15) is 0 Å². The molecule has 1 aromatic heterocycles. The van der Waals surface area contributed by atoms with E-state index in [4.69, 9.17) is 5.73 Å². The van der Waals surface area contributed by atoms with Crippen LogP contribution < -0.4 is 11.2 Å².